The van der Waals surface area contributed by atoms with Crippen LogP contribution in [0.3, 0.4) is 0 Å². The average molecular weight is 328 g/mol. The van der Waals surface area contributed by atoms with Crippen molar-refractivity contribution in [1.82, 2.24) is 0 Å². The van der Waals surface area contributed by atoms with Crippen LogP contribution in [0.1, 0.15) is 58.4 Å². The Labute approximate surface area is 144 Å². The third-order valence-corrected chi connectivity index (χ3v) is 5.10. The highest BCUT2D eigenvalue weighted by molar-refractivity contribution is 6.00. The second-order valence-corrected chi connectivity index (χ2v) is 8.20. The average Bonchev–Trinajstić information content (AvgIpc) is 3.14. The van der Waals surface area contributed by atoms with Gasteiger partial charge in [-0.2, -0.15) is 0 Å². The van der Waals surface area contributed by atoms with Crippen molar-refractivity contribution in [2.24, 2.45) is 11.3 Å². The Hall–Kier alpha value is -1.84. The fourth-order valence-electron chi connectivity index (χ4n) is 3.76. The van der Waals surface area contributed by atoms with Crippen LogP contribution in [0.2, 0.25) is 0 Å². The second-order valence-electron chi connectivity index (χ2n) is 8.20. The number of carbonyl (C=O) groups is 2. The molecule has 130 valence electrons. The molecule has 1 aromatic carbocycles. The normalized spacial score (nSPS) is 17.9. The summed E-state index contributed by atoms with van der Waals surface area (Å²) in [4.78, 5) is 26.7. The number of hydrogen-bond donors (Lipinski definition) is 1. The minimum atomic E-state index is -0.399. The fraction of sp³-hybridized carbons (Fsp3) is 0.600. The molecular weight excluding hydrogens is 300 g/mol. The maximum absolute atomic E-state index is 12.6. The third kappa shape index (κ3) is 3.63. The summed E-state index contributed by atoms with van der Waals surface area (Å²) in [6.07, 6.45) is 6.34. The lowest BCUT2D eigenvalue weighted by atomic mass is 9.94. The highest BCUT2D eigenvalue weighted by atomic mass is 16.2. The van der Waals surface area contributed by atoms with Gasteiger partial charge >= 0.3 is 0 Å². The Morgan fingerprint density at radius 2 is 1.92 bits per heavy atom. The lowest BCUT2D eigenvalue weighted by Crippen LogP contribution is -2.38. The van der Waals surface area contributed by atoms with E-state index in [2.05, 4.69) is 5.32 Å². The van der Waals surface area contributed by atoms with Crippen LogP contribution < -0.4 is 10.2 Å². The Morgan fingerprint density at radius 3 is 2.58 bits per heavy atom. The van der Waals surface area contributed by atoms with Crippen molar-refractivity contribution in [1.29, 1.82) is 0 Å². The van der Waals surface area contributed by atoms with Crippen LogP contribution in [0, 0.1) is 11.3 Å². The molecule has 2 aliphatic rings. The van der Waals surface area contributed by atoms with E-state index in [0.717, 1.165) is 24.3 Å². The first-order chi connectivity index (χ1) is 11.3. The van der Waals surface area contributed by atoms with E-state index in [-0.39, 0.29) is 11.8 Å². The number of rotatable bonds is 3. The standard InChI is InChI=1S/C20H28N2O2/c1-20(2,3)19(24)22-11-10-15-8-9-16(13-17(15)22)21-18(23)12-14-6-4-5-7-14/h8-9,13-14H,4-7,10-12H2,1-3H3,(H,21,23). The Kier molecular flexibility index (Phi) is 4.66. The minimum absolute atomic E-state index is 0.0912. The van der Waals surface area contributed by atoms with E-state index in [1.165, 1.54) is 31.2 Å². The molecule has 0 bridgehead atoms. The van der Waals surface area contributed by atoms with Crippen LogP contribution in [0.4, 0.5) is 11.4 Å². The van der Waals surface area contributed by atoms with Gasteiger partial charge in [-0.25, -0.2) is 0 Å². The van der Waals surface area contributed by atoms with Crippen LogP contribution in [0.25, 0.3) is 0 Å². The van der Waals surface area contributed by atoms with Gasteiger partial charge in [0.1, 0.15) is 0 Å². The number of nitrogens with zero attached hydrogens (tertiary/aromatic N) is 1. The molecule has 1 heterocycles. The summed E-state index contributed by atoms with van der Waals surface area (Å²) in [7, 11) is 0. The molecular formula is C20H28N2O2. The van der Waals surface area contributed by atoms with Gasteiger partial charge in [0.15, 0.2) is 0 Å². The predicted octanol–water partition coefficient (Wildman–Crippen LogP) is 4.14. The SMILES string of the molecule is CC(C)(C)C(=O)N1CCc2ccc(NC(=O)CC3CCCC3)cc21. The summed E-state index contributed by atoms with van der Waals surface area (Å²) in [5.74, 6) is 0.766. The lowest BCUT2D eigenvalue weighted by molar-refractivity contribution is -0.125. The highest BCUT2D eigenvalue weighted by Gasteiger charge is 2.32. The summed E-state index contributed by atoms with van der Waals surface area (Å²) in [6, 6.07) is 5.95. The van der Waals surface area contributed by atoms with Gasteiger partial charge in [-0.3, -0.25) is 9.59 Å². The molecule has 1 aromatic rings. The quantitative estimate of drug-likeness (QED) is 0.906. The Bertz CT molecular complexity index is 640. The second kappa shape index (κ2) is 6.58. The summed E-state index contributed by atoms with van der Waals surface area (Å²) >= 11 is 0. The first kappa shape index (κ1) is 17.0. The molecule has 0 unspecified atom stereocenters. The summed E-state index contributed by atoms with van der Waals surface area (Å²) in [6.45, 7) is 6.56. The van der Waals surface area contributed by atoms with E-state index >= 15 is 0 Å². The van der Waals surface area contributed by atoms with Gasteiger partial charge in [-0.15, -0.1) is 0 Å². The maximum Gasteiger partial charge on any atom is 0.232 e. The molecule has 2 amide bonds. The molecule has 4 heteroatoms. The van der Waals surface area contributed by atoms with Crippen molar-refractivity contribution in [3.05, 3.63) is 23.8 Å². The van der Waals surface area contributed by atoms with Crippen LogP contribution in [-0.4, -0.2) is 18.4 Å². The number of anilines is 2. The van der Waals surface area contributed by atoms with Gasteiger partial charge in [0, 0.05) is 29.8 Å². The van der Waals surface area contributed by atoms with Gasteiger partial charge in [-0.05, 0) is 42.9 Å². The molecule has 0 radical (unpaired) electrons. The molecule has 0 spiro atoms. The summed E-state index contributed by atoms with van der Waals surface area (Å²) in [5, 5.41) is 3.02. The van der Waals surface area contributed by atoms with Crippen molar-refractivity contribution in [3.63, 3.8) is 0 Å². The number of benzene rings is 1. The molecule has 0 saturated heterocycles. The number of carbonyl (C=O) groups excluding carboxylic acids is 2. The van der Waals surface area contributed by atoms with Crippen molar-refractivity contribution < 1.29 is 9.59 Å². The first-order valence-electron chi connectivity index (χ1n) is 9.09. The van der Waals surface area contributed by atoms with E-state index in [1.807, 2.05) is 43.9 Å². The van der Waals surface area contributed by atoms with E-state index in [0.29, 0.717) is 12.3 Å². The van der Waals surface area contributed by atoms with E-state index in [9.17, 15) is 9.59 Å². The molecule has 1 fully saturated rings. The zero-order valence-corrected chi connectivity index (χ0v) is 15.0. The monoisotopic (exact) mass is 328 g/mol. The van der Waals surface area contributed by atoms with E-state index < -0.39 is 5.41 Å². The Morgan fingerprint density at radius 1 is 1.21 bits per heavy atom. The molecule has 3 rings (SSSR count). The zero-order chi connectivity index (χ0) is 17.3. The van der Waals surface area contributed by atoms with Gasteiger partial charge in [-0.1, -0.05) is 39.7 Å². The number of amides is 2. The van der Waals surface area contributed by atoms with Gasteiger partial charge in [0.05, 0.1) is 0 Å². The molecule has 1 aliphatic heterocycles. The smallest absolute Gasteiger partial charge is 0.232 e. The molecule has 24 heavy (non-hydrogen) atoms. The lowest BCUT2D eigenvalue weighted by Gasteiger charge is -2.26. The van der Waals surface area contributed by atoms with Crippen LogP contribution in [-0.2, 0) is 16.0 Å². The van der Waals surface area contributed by atoms with E-state index in [1.54, 1.807) is 0 Å². The maximum atomic E-state index is 12.6. The largest absolute Gasteiger partial charge is 0.326 e. The predicted molar refractivity (Wildman–Crippen MR) is 97.2 cm³/mol. The topological polar surface area (TPSA) is 49.4 Å². The molecule has 4 nitrogen and oxygen atoms in total. The van der Waals surface area contributed by atoms with Gasteiger partial charge < -0.3 is 10.2 Å². The number of hydrogen-bond acceptors (Lipinski definition) is 2. The Balaban J connectivity index is 1.71. The molecule has 1 aliphatic carbocycles. The third-order valence-electron chi connectivity index (χ3n) is 5.10. The number of fused-ring (bicyclic) bond motifs is 1. The van der Waals surface area contributed by atoms with Crippen molar-refractivity contribution in [2.45, 2.75) is 59.3 Å². The summed E-state index contributed by atoms with van der Waals surface area (Å²) < 4.78 is 0. The van der Waals surface area contributed by atoms with Gasteiger partial charge in [0.25, 0.3) is 0 Å². The van der Waals surface area contributed by atoms with Crippen molar-refractivity contribution >= 4 is 23.2 Å². The fourth-order valence-corrected chi connectivity index (χ4v) is 3.76. The zero-order valence-electron chi connectivity index (χ0n) is 15.0. The first-order valence-corrected chi connectivity index (χ1v) is 9.09. The molecule has 0 atom stereocenters. The van der Waals surface area contributed by atoms with Crippen LogP contribution >= 0.6 is 0 Å². The van der Waals surface area contributed by atoms with Gasteiger partial charge in [0.2, 0.25) is 11.8 Å². The molecule has 1 N–H and O–H groups in total. The highest BCUT2D eigenvalue weighted by Crippen LogP contribution is 2.34. The van der Waals surface area contributed by atoms with Crippen molar-refractivity contribution in [2.75, 3.05) is 16.8 Å². The van der Waals surface area contributed by atoms with E-state index in [4.69, 9.17) is 0 Å². The summed E-state index contributed by atoms with van der Waals surface area (Å²) in [5.41, 5.74) is 2.53. The molecule has 0 aromatic heterocycles. The molecule has 1 saturated carbocycles. The van der Waals surface area contributed by atoms with Crippen molar-refractivity contribution in [3.8, 4) is 0 Å². The number of nitrogens with one attached hydrogen (secondary N) is 1. The van der Waals surface area contributed by atoms with Crippen LogP contribution in [0.5, 0.6) is 0 Å². The minimum Gasteiger partial charge on any atom is -0.326 e. The van der Waals surface area contributed by atoms with Crippen LogP contribution in [0.15, 0.2) is 18.2 Å².